The number of hydrogen-bond acceptors (Lipinski definition) is 2. The maximum absolute atomic E-state index is 4.08. The molecule has 1 aliphatic carbocycles. The molecule has 19 heavy (non-hydrogen) atoms. The van der Waals surface area contributed by atoms with Crippen LogP contribution >= 0.6 is 15.9 Å². The third-order valence-electron chi connectivity index (χ3n) is 3.71. The zero-order valence-electron chi connectivity index (χ0n) is 11.0. The van der Waals surface area contributed by atoms with Gasteiger partial charge >= 0.3 is 0 Å². The number of aryl methyl sites for hydroxylation is 1. The zero-order chi connectivity index (χ0) is 13.2. The molecule has 0 saturated carbocycles. The smallest absolute Gasteiger partial charge is 0.0946 e. The third-order valence-corrected chi connectivity index (χ3v) is 4.21. The number of imidazole rings is 1. The fraction of sp³-hybridized carbons (Fsp3) is 0.400. The van der Waals surface area contributed by atoms with Gasteiger partial charge in [-0.2, -0.15) is 0 Å². The summed E-state index contributed by atoms with van der Waals surface area (Å²) in [7, 11) is 0. The van der Waals surface area contributed by atoms with Crippen LogP contribution in [0.5, 0.6) is 0 Å². The summed E-state index contributed by atoms with van der Waals surface area (Å²) in [6.45, 7) is 3.19. The molecular weight excluding hydrogens is 302 g/mol. The number of hydrogen-bond donors (Lipinski definition) is 1. The van der Waals surface area contributed by atoms with Gasteiger partial charge in [-0.05, 0) is 43.0 Å². The fourth-order valence-electron chi connectivity index (χ4n) is 2.87. The second-order valence-electron chi connectivity index (χ2n) is 5.26. The van der Waals surface area contributed by atoms with Crippen molar-refractivity contribution in [1.29, 1.82) is 0 Å². The Morgan fingerprint density at radius 3 is 3.21 bits per heavy atom. The van der Waals surface area contributed by atoms with E-state index in [0.717, 1.165) is 6.54 Å². The molecule has 0 spiro atoms. The van der Waals surface area contributed by atoms with Gasteiger partial charge in [-0.25, -0.2) is 4.98 Å². The van der Waals surface area contributed by atoms with E-state index < -0.39 is 0 Å². The number of benzene rings is 1. The molecular formula is C15H18BrN3. The highest BCUT2D eigenvalue weighted by atomic mass is 79.9. The molecule has 3 nitrogen and oxygen atoms in total. The van der Waals surface area contributed by atoms with Crippen molar-refractivity contribution in [2.45, 2.75) is 38.4 Å². The minimum Gasteiger partial charge on any atom is -0.336 e. The van der Waals surface area contributed by atoms with E-state index in [1.54, 1.807) is 0 Å². The van der Waals surface area contributed by atoms with Crippen molar-refractivity contribution in [1.82, 2.24) is 14.9 Å². The molecule has 1 aromatic carbocycles. The second kappa shape index (κ2) is 5.47. The van der Waals surface area contributed by atoms with E-state index in [1.165, 1.54) is 28.4 Å². The lowest BCUT2D eigenvalue weighted by Crippen LogP contribution is -2.32. The van der Waals surface area contributed by atoms with Crippen LogP contribution < -0.4 is 5.32 Å². The molecule has 3 rings (SSSR count). The fourth-order valence-corrected chi connectivity index (χ4v) is 3.27. The van der Waals surface area contributed by atoms with Gasteiger partial charge in [0.25, 0.3) is 0 Å². The summed E-state index contributed by atoms with van der Waals surface area (Å²) in [5, 5.41) is 3.73. The quantitative estimate of drug-likeness (QED) is 0.937. The van der Waals surface area contributed by atoms with Crippen LogP contribution in [0.2, 0.25) is 0 Å². The van der Waals surface area contributed by atoms with E-state index >= 15 is 0 Å². The largest absolute Gasteiger partial charge is 0.336 e. The van der Waals surface area contributed by atoms with E-state index in [0.29, 0.717) is 12.1 Å². The molecule has 2 aromatic rings. The number of aromatic nitrogens is 2. The molecule has 1 N–H and O–H groups in total. The molecule has 2 unspecified atom stereocenters. The number of halogens is 1. The van der Waals surface area contributed by atoms with Crippen molar-refractivity contribution in [3.05, 3.63) is 52.5 Å². The van der Waals surface area contributed by atoms with E-state index in [1.807, 2.05) is 18.7 Å². The first kappa shape index (κ1) is 12.9. The van der Waals surface area contributed by atoms with Crippen molar-refractivity contribution < 1.29 is 0 Å². The van der Waals surface area contributed by atoms with Gasteiger partial charge in [0, 0.05) is 35.5 Å². The van der Waals surface area contributed by atoms with Crippen LogP contribution in [0.15, 0.2) is 41.4 Å². The number of rotatable bonds is 4. The first-order valence-electron chi connectivity index (χ1n) is 6.72. The summed E-state index contributed by atoms with van der Waals surface area (Å²) in [5.41, 5.74) is 2.93. The van der Waals surface area contributed by atoms with Crippen LogP contribution in [0.3, 0.4) is 0 Å². The molecule has 2 atom stereocenters. The summed E-state index contributed by atoms with van der Waals surface area (Å²) in [5.74, 6) is 0. The van der Waals surface area contributed by atoms with Gasteiger partial charge in [-0.3, -0.25) is 0 Å². The van der Waals surface area contributed by atoms with Crippen LogP contribution in [0.4, 0.5) is 0 Å². The maximum Gasteiger partial charge on any atom is 0.0946 e. The molecule has 1 heterocycles. The van der Waals surface area contributed by atoms with Gasteiger partial charge in [0.15, 0.2) is 0 Å². The molecule has 0 aliphatic heterocycles. The van der Waals surface area contributed by atoms with Gasteiger partial charge in [0.2, 0.25) is 0 Å². The number of fused-ring (bicyclic) bond motifs is 1. The molecule has 0 bridgehead atoms. The lowest BCUT2D eigenvalue weighted by Gasteiger charge is -2.20. The lowest BCUT2D eigenvalue weighted by atomic mass is 10.1. The van der Waals surface area contributed by atoms with E-state index in [2.05, 4.69) is 55.9 Å². The predicted molar refractivity (Wildman–Crippen MR) is 80.0 cm³/mol. The van der Waals surface area contributed by atoms with Gasteiger partial charge in [-0.15, -0.1) is 0 Å². The average Bonchev–Trinajstić information content (AvgIpc) is 2.99. The highest BCUT2D eigenvalue weighted by Crippen LogP contribution is 2.33. The topological polar surface area (TPSA) is 29.9 Å². The maximum atomic E-state index is 4.08. The van der Waals surface area contributed by atoms with Crippen LogP contribution in [-0.4, -0.2) is 15.6 Å². The van der Waals surface area contributed by atoms with E-state index in [-0.39, 0.29) is 0 Å². The highest BCUT2D eigenvalue weighted by Gasteiger charge is 2.23. The monoisotopic (exact) mass is 319 g/mol. The molecule has 0 fully saturated rings. The summed E-state index contributed by atoms with van der Waals surface area (Å²) < 4.78 is 3.30. The van der Waals surface area contributed by atoms with Crippen molar-refractivity contribution in [2.24, 2.45) is 0 Å². The van der Waals surface area contributed by atoms with Crippen LogP contribution in [0, 0.1) is 0 Å². The SMILES string of the molecule is CC(Cn1ccnc1)NC1CCc2cc(Br)ccc21. The van der Waals surface area contributed by atoms with Gasteiger partial charge in [0.05, 0.1) is 6.33 Å². The standard InChI is InChI=1S/C15H18BrN3/c1-11(9-19-7-6-17-10-19)18-15-5-2-12-8-13(16)3-4-14(12)15/h3-4,6-8,10-11,15,18H,2,5,9H2,1H3. The molecule has 1 aliphatic rings. The Morgan fingerprint density at radius 2 is 2.42 bits per heavy atom. The summed E-state index contributed by atoms with van der Waals surface area (Å²) in [4.78, 5) is 4.08. The summed E-state index contributed by atoms with van der Waals surface area (Å²) in [6.07, 6.45) is 8.08. The second-order valence-corrected chi connectivity index (χ2v) is 6.18. The van der Waals surface area contributed by atoms with Crippen molar-refractivity contribution >= 4 is 15.9 Å². The molecule has 0 amide bonds. The molecule has 0 saturated heterocycles. The normalized spacial score (nSPS) is 19.4. The zero-order valence-corrected chi connectivity index (χ0v) is 12.6. The molecule has 100 valence electrons. The number of nitrogens with one attached hydrogen (secondary N) is 1. The van der Waals surface area contributed by atoms with Gasteiger partial charge in [0.1, 0.15) is 0 Å². The van der Waals surface area contributed by atoms with Crippen molar-refractivity contribution in [3.8, 4) is 0 Å². The Hall–Kier alpha value is -1.13. The lowest BCUT2D eigenvalue weighted by molar-refractivity contribution is 0.412. The Balaban J connectivity index is 1.66. The Kier molecular flexibility index (Phi) is 3.71. The molecule has 1 aromatic heterocycles. The third kappa shape index (κ3) is 2.90. The minimum absolute atomic E-state index is 0.439. The first-order valence-corrected chi connectivity index (χ1v) is 7.52. The Bertz CT molecular complexity index is 551. The Labute approximate surface area is 122 Å². The molecule has 0 radical (unpaired) electrons. The summed E-state index contributed by atoms with van der Waals surface area (Å²) in [6, 6.07) is 7.56. The Morgan fingerprint density at radius 1 is 1.53 bits per heavy atom. The van der Waals surface area contributed by atoms with Crippen molar-refractivity contribution in [3.63, 3.8) is 0 Å². The average molecular weight is 320 g/mol. The van der Waals surface area contributed by atoms with Gasteiger partial charge < -0.3 is 9.88 Å². The van der Waals surface area contributed by atoms with Crippen LogP contribution in [0.1, 0.15) is 30.5 Å². The van der Waals surface area contributed by atoms with Gasteiger partial charge in [-0.1, -0.05) is 22.0 Å². The van der Waals surface area contributed by atoms with Crippen LogP contribution in [0.25, 0.3) is 0 Å². The van der Waals surface area contributed by atoms with E-state index in [9.17, 15) is 0 Å². The summed E-state index contributed by atoms with van der Waals surface area (Å²) >= 11 is 3.54. The predicted octanol–water partition coefficient (Wildman–Crippen LogP) is 3.31. The first-order chi connectivity index (χ1) is 9.22. The van der Waals surface area contributed by atoms with Crippen molar-refractivity contribution in [2.75, 3.05) is 0 Å². The van der Waals surface area contributed by atoms with Crippen LogP contribution in [-0.2, 0) is 13.0 Å². The van der Waals surface area contributed by atoms with E-state index in [4.69, 9.17) is 0 Å². The minimum atomic E-state index is 0.439. The number of nitrogens with zero attached hydrogens (tertiary/aromatic N) is 2. The highest BCUT2D eigenvalue weighted by molar-refractivity contribution is 9.10. The molecule has 4 heteroatoms.